The second-order valence-corrected chi connectivity index (χ2v) is 5.54. The Kier molecular flexibility index (Phi) is 6.10. The van der Waals surface area contributed by atoms with Crippen LogP contribution in [0.4, 0.5) is 0 Å². The summed E-state index contributed by atoms with van der Waals surface area (Å²) in [6, 6.07) is 13.9. The van der Waals surface area contributed by atoms with Crippen molar-refractivity contribution in [2.24, 2.45) is 5.73 Å². The maximum Gasteiger partial charge on any atom is 0.161 e. The van der Waals surface area contributed by atoms with Crippen molar-refractivity contribution in [2.75, 3.05) is 20.3 Å². The van der Waals surface area contributed by atoms with Gasteiger partial charge in [0.1, 0.15) is 0 Å². The molecule has 2 N–H and O–H groups in total. The maximum atomic E-state index is 5.95. The van der Waals surface area contributed by atoms with Crippen LogP contribution in [0.15, 0.2) is 42.5 Å². The minimum Gasteiger partial charge on any atom is -0.493 e. The first-order valence-electron chi connectivity index (χ1n) is 7.43. The Balaban J connectivity index is 2.20. The van der Waals surface area contributed by atoms with Crippen LogP contribution in [-0.4, -0.2) is 20.3 Å². The van der Waals surface area contributed by atoms with Crippen molar-refractivity contribution in [3.8, 4) is 11.5 Å². The van der Waals surface area contributed by atoms with Crippen molar-refractivity contribution in [1.29, 1.82) is 0 Å². The molecule has 3 nitrogen and oxygen atoms in total. The number of hydrogen-bond acceptors (Lipinski definition) is 3. The Bertz CT molecular complexity index is 599. The highest BCUT2D eigenvalue weighted by molar-refractivity contribution is 6.30. The summed E-state index contributed by atoms with van der Waals surface area (Å²) in [5, 5.41) is 0.739. The SMILES string of the molecule is CCOc1cc(CC(CN)c2ccc(Cl)cc2)ccc1OC. The fourth-order valence-corrected chi connectivity index (χ4v) is 2.60. The van der Waals surface area contributed by atoms with Gasteiger partial charge in [-0.15, -0.1) is 0 Å². The molecule has 2 aromatic rings. The molecular weight excluding hydrogens is 298 g/mol. The lowest BCUT2D eigenvalue weighted by Crippen LogP contribution is -2.15. The van der Waals surface area contributed by atoms with Crippen molar-refractivity contribution < 1.29 is 9.47 Å². The topological polar surface area (TPSA) is 44.5 Å². The minimum absolute atomic E-state index is 0.250. The smallest absolute Gasteiger partial charge is 0.161 e. The fourth-order valence-electron chi connectivity index (χ4n) is 2.47. The van der Waals surface area contributed by atoms with Gasteiger partial charge in [-0.25, -0.2) is 0 Å². The van der Waals surface area contributed by atoms with E-state index in [1.807, 2.05) is 43.3 Å². The zero-order valence-electron chi connectivity index (χ0n) is 13.0. The molecule has 0 saturated heterocycles. The van der Waals surface area contributed by atoms with E-state index in [0.717, 1.165) is 22.9 Å². The highest BCUT2D eigenvalue weighted by Crippen LogP contribution is 2.30. The molecule has 2 rings (SSSR count). The molecule has 1 atom stereocenters. The fraction of sp³-hybridized carbons (Fsp3) is 0.333. The van der Waals surface area contributed by atoms with Gasteiger partial charge in [0.15, 0.2) is 11.5 Å². The molecular formula is C18H22ClNO2. The van der Waals surface area contributed by atoms with E-state index in [9.17, 15) is 0 Å². The molecule has 0 aliphatic rings. The summed E-state index contributed by atoms with van der Waals surface area (Å²) in [5.74, 6) is 1.77. The Hall–Kier alpha value is -1.71. The molecule has 22 heavy (non-hydrogen) atoms. The lowest BCUT2D eigenvalue weighted by Gasteiger charge is -2.17. The van der Waals surface area contributed by atoms with Gasteiger partial charge in [0, 0.05) is 10.9 Å². The number of hydrogen-bond donors (Lipinski definition) is 1. The highest BCUT2D eigenvalue weighted by Gasteiger charge is 2.13. The molecule has 2 aromatic carbocycles. The van der Waals surface area contributed by atoms with E-state index in [0.29, 0.717) is 13.2 Å². The molecule has 0 bridgehead atoms. The monoisotopic (exact) mass is 319 g/mol. The molecule has 0 spiro atoms. The van der Waals surface area contributed by atoms with Crippen LogP contribution in [0.2, 0.25) is 5.02 Å². The van der Waals surface area contributed by atoms with Gasteiger partial charge in [-0.05, 0) is 55.3 Å². The van der Waals surface area contributed by atoms with Crippen molar-refractivity contribution >= 4 is 11.6 Å². The normalized spacial score (nSPS) is 12.0. The summed E-state index contributed by atoms with van der Waals surface area (Å²) < 4.78 is 10.9. The summed E-state index contributed by atoms with van der Waals surface area (Å²) in [7, 11) is 1.65. The van der Waals surface area contributed by atoms with Gasteiger partial charge in [-0.1, -0.05) is 29.8 Å². The van der Waals surface area contributed by atoms with Crippen molar-refractivity contribution in [3.05, 3.63) is 58.6 Å². The van der Waals surface area contributed by atoms with Crippen LogP contribution in [0.25, 0.3) is 0 Å². The average molecular weight is 320 g/mol. The standard InChI is InChI=1S/C18H22ClNO2/c1-3-22-18-11-13(4-9-17(18)21-2)10-15(12-20)14-5-7-16(19)8-6-14/h4-9,11,15H,3,10,12,20H2,1-2H3. The summed E-state index contributed by atoms with van der Waals surface area (Å²) in [5.41, 5.74) is 8.33. The summed E-state index contributed by atoms with van der Waals surface area (Å²) in [4.78, 5) is 0. The molecule has 0 aromatic heterocycles. The first-order chi connectivity index (χ1) is 10.7. The van der Waals surface area contributed by atoms with E-state index in [2.05, 4.69) is 6.07 Å². The largest absolute Gasteiger partial charge is 0.493 e. The summed E-state index contributed by atoms with van der Waals surface area (Å²) >= 11 is 5.95. The van der Waals surface area contributed by atoms with Crippen LogP contribution in [-0.2, 0) is 6.42 Å². The minimum atomic E-state index is 0.250. The van der Waals surface area contributed by atoms with Crippen molar-refractivity contribution in [3.63, 3.8) is 0 Å². The van der Waals surface area contributed by atoms with Crippen LogP contribution < -0.4 is 15.2 Å². The predicted octanol–water partition coefficient (Wildman–Crippen LogP) is 4.03. The number of methoxy groups -OCH3 is 1. The molecule has 0 fully saturated rings. The van der Waals surface area contributed by atoms with E-state index in [-0.39, 0.29) is 5.92 Å². The Labute approximate surface area is 137 Å². The Morgan fingerprint density at radius 1 is 1.09 bits per heavy atom. The van der Waals surface area contributed by atoms with Gasteiger partial charge >= 0.3 is 0 Å². The summed E-state index contributed by atoms with van der Waals surface area (Å²) in [6.45, 7) is 3.15. The van der Waals surface area contributed by atoms with E-state index in [1.165, 1.54) is 11.1 Å². The second-order valence-electron chi connectivity index (χ2n) is 5.11. The lowest BCUT2D eigenvalue weighted by atomic mass is 9.92. The number of halogens is 1. The van der Waals surface area contributed by atoms with Gasteiger partial charge in [0.25, 0.3) is 0 Å². The Morgan fingerprint density at radius 3 is 2.41 bits per heavy atom. The van der Waals surface area contributed by atoms with Gasteiger partial charge in [0.2, 0.25) is 0 Å². The van der Waals surface area contributed by atoms with Crippen LogP contribution in [0, 0.1) is 0 Å². The number of nitrogens with two attached hydrogens (primary N) is 1. The third-order valence-corrected chi connectivity index (χ3v) is 3.89. The van der Waals surface area contributed by atoms with Gasteiger partial charge in [-0.3, -0.25) is 0 Å². The van der Waals surface area contributed by atoms with E-state index < -0.39 is 0 Å². The zero-order chi connectivity index (χ0) is 15.9. The number of benzene rings is 2. The second kappa shape index (κ2) is 8.06. The Morgan fingerprint density at radius 2 is 1.82 bits per heavy atom. The zero-order valence-corrected chi connectivity index (χ0v) is 13.8. The van der Waals surface area contributed by atoms with Crippen molar-refractivity contribution in [2.45, 2.75) is 19.3 Å². The van der Waals surface area contributed by atoms with E-state index in [1.54, 1.807) is 7.11 Å². The summed E-state index contributed by atoms with van der Waals surface area (Å²) in [6.07, 6.45) is 0.849. The number of ether oxygens (including phenoxy) is 2. The van der Waals surface area contributed by atoms with Crippen molar-refractivity contribution in [1.82, 2.24) is 0 Å². The molecule has 0 aliphatic carbocycles. The van der Waals surface area contributed by atoms with Gasteiger partial charge in [0.05, 0.1) is 13.7 Å². The third kappa shape index (κ3) is 4.15. The first kappa shape index (κ1) is 16.7. The molecule has 4 heteroatoms. The molecule has 0 radical (unpaired) electrons. The predicted molar refractivity (Wildman–Crippen MR) is 91.1 cm³/mol. The quantitative estimate of drug-likeness (QED) is 0.838. The molecule has 0 aliphatic heterocycles. The maximum absolute atomic E-state index is 5.95. The van der Waals surface area contributed by atoms with E-state index >= 15 is 0 Å². The van der Waals surface area contributed by atoms with Crippen LogP contribution >= 0.6 is 11.6 Å². The highest BCUT2D eigenvalue weighted by atomic mass is 35.5. The lowest BCUT2D eigenvalue weighted by molar-refractivity contribution is 0.310. The molecule has 0 heterocycles. The van der Waals surface area contributed by atoms with Gasteiger partial charge < -0.3 is 15.2 Å². The van der Waals surface area contributed by atoms with Crippen LogP contribution in [0.3, 0.4) is 0 Å². The van der Waals surface area contributed by atoms with Crippen LogP contribution in [0.5, 0.6) is 11.5 Å². The molecule has 0 saturated carbocycles. The number of rotatable bonds is 7. The molecule has 118 valence electrons. The van der Waals surface area contributed by atoms with Gasteiger partial charge in [-0.2, -0.15) is 0 Å². The third-order valence-electron chi connectivity index (χ3n) is 3.64. The molecule has 0 amide bonds. The average Bonchev–Trinajstić information content (AvgIpc) is 2.54. The van der Waals surface area contributed by atoms with Crippen LogP contribution in [0.1, 0.15) is 24.0 Å². The first-order valence-corrected chi connectivity index (χ1v) is 7.81. The molecule has 1 unspecified atom stereocenters. The van der Waals surface area contributed by atoms with E-state index in [4.69, 9.17) is 26.8 Å².